The van der Waals surface area contributed by atoms with Crippen LogP contribution >= 0.6 is 0 Å². The van der Waals surface area contributed by atoms with Crippen molar-refractivity contribution in [1.29, 1.82) is 0 Å². The van der Waals surface area contributed by atoms with Gasteiger partial charge in [-0.25, -0.2) is 13.8 Å². The van der Waals surface area contributed by atoms with Crippen LogP contribution in [0.5, 0.6) is 5.75 Å². The Bertz CT molecular complexity index is 1200. The zero-order valence-electron chi connectivity index (χ0n) is 18.9. The van der Waals surface area contributed by atoms with Gasteiger partial charge in [0.15, 0.2) is 0 Å². The second-order valence-electron chi connectivity index (χ2n) is 7.65. The number of ether oxygens (including phenoxy) is 1. The summed E-state index contributed by atoms with van der Waals surface area (Å²) in [6, 6.07) is 22.6. The molecule has 1 N–H and O–H groups in total. The highest BCUT2D eigenvalue weighted by Gasteiger charge is 2.23. The molecule has 0 heterocycles. The average Bonchev–Trinajstić information content (AvgIpc) is 2.78. The summed E-state index contributed by atoms with van der Waals surface area (Å²) < 4.78 is 31.5. The summed E-state index contributed by atoms with van der Waals surface area (Å²) in [4.78, 5) is 12.4. The van der Waals surface area contributed by atoms with E-state index in [2.05, 4.69) is 10.5 Å². The van der Waals surface area contributed by atoms with Crippen LogP contribution in [-0.4, -0.2) is 33.3 Å². The molecule has 8 heteroatoms. The Morgan fingerprint density at radius 1 is 0.970 bits per heavy atom. The Hall–Kier alpha value is -3.65. The summed E-state index contributed by atoms with van der Waals surface area (Å²) in [6.07, 6.45) is 2.57. The van der Waals surface area contributed by atoms with Gasteiger partial charge in [0, 0.05) is 0 Å². The van der Waals surface area contributed by atoms with E-state index in [1.807, 2.05) is 86.6 Å². The normalized spacial score (nSPS) is 11.4. The van der Waals surface area contributed by atoms with Gasteiger partial charge in [-0.05, 0) is 60.4 Å². The van der Waals surface area contributed by atoms with Crippen molar-refractivity contribution in [3.05, 3.63) is 95.1 Å². The van der Waals surface area contributed by atoms with Gasteiger partial charge >= 0.3 is 0 Å². The minimum atomic E-state index is -3.66. The lowest BCUT2D eigenvalue weighted by molar-refractivity contribution is -0.119. The summed E-state index contributed by atoms with van der Waals surface area (Å²) in [5, 5.41) is 3.95. The minimum Gasteiger partial charge on any atom is -0.489 e. The van der Waals surface area contributed by atoms with E-state index in [4.69, 9.17) is 4.74 Å². The molecule has 0 aliphatic heterocycles. The van der Waals surface area contributed by atoms with Gasteiger partial charge in [0.1, 0.15) is 18.9 Å². The number of hydrazone groups is 1. The fourth-order valence-electron chi connectivity index (χ4n) is 3.30. The fraction of sp³-hybridized carbons (Fsp3) is 0.200. The minimum absolute atomic E-state index is 0.367. The van der Waals surface area contributed by atoms with Crippen molar-refractivity contribution >= 4 is 27.8 Å². The number of rotatable bonds is 9. The van der Waals surface area contributed by atoms with Crippen molar-refractivity contribution in [1.82, 2.24) is 5.43 Å². The maximum Gasteiger partial charge on any atom is 0.260 e. The first-order valence-corrected chi connectivity index (χ1v) is 12.2. The highest BCUT2D eigenvalue weighted by molar-refractivity contribution is 7.92. The Kier molecular flexibility index (Phi) is 7.84. The molecule has 0 bridgehead atoms. The fourth-order valence-corrected chi connectivity index (χ4v) is 4.27. The van der Waals surface area contributed by atoms with E-state index in [-0.39, 0.29) is 6.54 Å². The molecule has 3 aromatic rings. The standard InChI is InChI=1S/C25H27N3O4S/c1-19-8-7-9-20(2)25(19)28(33(3,30)31)17-24(29)27-26-16-21-12-14-23(15-13-21)32-18-22-10-5-4-6-11-22/h4-16H,17-18H2,1-3H3,(H,27,29)/b26-16-. The van der Waals surface area contributed by atoms with Crippen molar-refractivity contribution < 1.29 is 17.9 Å². The Morgan fingerprint density at radius 2 is 1.61 bits per heavy atom. The second kappa shape index (κ2) is 10.8. The number of nitrogens with one attached hydrogen (secondary N) is 1. The molecule has 1 amide bonds. The monoisotopic (exact) mass is 465 g/mol. The lowest BCUT2D eigenvalue weighted by atomic mass is 10.1. The van der Waals surface area contributed by atoms with Crippen molar-refractivity contribution in [2.45, 2.75) is 20.5 Å². The molecule has 0 spiro atoms. The number of sulfonamides is 1. The predicted molar refractivity (Wildman–Crippen MR) is 131 cm³/mol. The molecule has 0 aliphatic carbocycles. The van der Waals surface area contributed by atoms with Crippen molar-refractivity contribution in [3.8, 4) is 5.75 Å². The van der Waals surface area contributed by atoms with Crippen LogP contribution in [0.1, 0.15) is 22.3 Å². The number of carbonyl (C=O) groups excluding carboxylic acids is 1. The highest BCUT2D eigenvalue weighted by atomic mass is 32.2. The molecular formula is C25H27N3O4S. The van der Waals surface area contributed by atoms with Crippen LogP contribution in [0.25, 0.3) is 0 Å². The summed E-state index contributed by atoms with van der Waals surface area (Å²) in [5.74, 6) is 0.180. The summed E-state index contributed by atoms with van der Waals surface area (Å²) >= 11 is 0. The van der Waals surface area contributed by atoms with Crippen LogP contribution < -0.4 is 14.5 Å². The van der Waals surface area contributed by atoms with Crippen molar-refractivity contribution in [3.63, 3.8) is 0 Å². The molecule has 0 aliphatic rings. The van der Waals surface area contributed by atoms with Gasteiger partial charge in [0.05, 0.1) is 18.2 Å². The van der Waals surface area contributed by atoms with Gasteiger partial charge < -0.3 is 4.74 Å². The quantitative estimate of drug-likeness (QED) is 0.385. The number of nitrogens with zero attached hydrogens (tertiary/aromatic N) is 2. The van der Waals surface area contributed by atoms with Gasteiger partial charge in [-0.1, -0.05) is 48.5 Å². The maximum atomic E-state index is 12.4. The molecule has 0 saturated carbocycles. The topological polar surface area (TPSA) is 88.1 Å². The van der Waals surface area contributed by atoms with Crippen LogP contribution in [0.2, 0.25) is 0 Å². The number of hydrogen-bond acceptors (Lipinski definition) is 5. The van der Waals surface area contributed by atoms with Crippen molar-refractivity contribution in [2.24, 2.45) is 5.10 Å². The first-order valence-electron chi connectivity index (χ1n) is 10.4. The molecule has 33 heavy (non-hydrogen) atoms. The highest BCUT2D eigenvalue weighted by Crippen LogP contribution is 2.26. The molecule has 3 aromatic carbocycles. The number of aryl methyl sites for hydroxylation is 2. The smallest absolute Gasteiger partial charge is 0.260 e. The van der Waals surface area contributed by atoms with Gasteiger partial charge in [0.2, 0.25) is 10.0 Å². The largest absolute Gasteiger partial charge is 0.489 e. The molecule has 3 rings (SSSR count). The van der Waals surface area contributed by atoms with Gasteiger partial charge in [-0.3, -0.25) is 9.10 Å². The number of carbonyl (C=O) groups is 1. The molecule has 0 atom stereocenters. The SMILES string of the molecule is Cc1cccc(C)c1N(CC(=O)N/N=C\c1ccc(OCc2ccccc2)cc1)S(C)(=O)=O. The molecule has 7 nitrogen and oxygen atoms in total. The summed E-state index contributed by atoms with van der Waals surface area (Å²) in [7, 11) is -3.66. The molecular weight excluding hydrogens is 438 g/mol. The number of para-hydroxylation sites is 1. The van der Waals surface area contributed by atoms with E-state index in [0.717, 1.165) is 38.6 Å². The van der Waals surface area contributed by atoms with Crippen molar-refractivity contribution in [2.75, 3.05) is 17.1 Å². The number of anilines is 1. The predicted octanol–water partition coefficient (Wildman–Crippen LogP) is 3.80. The second-order valence-corrected chi connectivity index (χ2v) is 9.55. The Balaban J connectivity index is 1.58. The van der Waals surface area contributed by atoms with Crippen LogP contribution in [0.3, 0.4) is 0 Å². The van der Waals surface area contributed by atoms with E-state index < -0.39 is 15.9 Å². The van der Waals surface area contributed by atoms with Gasteiger partial charge in [-0.15, -0.1) is 0 Å². The summed E-state index contributed by atoms with van der Waals surface area (Å²) in [6.45, 7) is 3.73. The lowest BCUT2D eigenvalue weighted by Gasteiger charge is -2.25. The van der Waals surface area contributed by atoms with E-state index >= 15 is 0 Å². The first-order chi connectivity index (χ1) is 15.7. The number of amides is 1. The molecule has 0 aromatic heterocycles. The molecule has 0 unspecified atom stereocenters. The third-order valence-corrected chi connectivity index (χ3v) is 6.02. The molecule has 172 valence electrons. The molecule has 0 fully saturated rings. The van der Waals surface area contributed by atoms with Crippen LogP contribution in [0, 0.1) is 13.8 Å². The zero-order chi connectivity index (χ0) is 23.8. The average molecular weight is 466 g/mol. The first kappa shape index (κ1) is 24.0. The van der Waals surface area contributed by atoms with E-state index in [0.29, 0.717) is 12.3 Å². The van der Waals surface area contributed by atoms with E-state index in [1.165, 1.54) is 6.21 Å². The van der Waals surface area contributed by atoms with Gasteiger partial charge in [0.25, 0.3) is 5.91 Å². The van der Waals surface area contributed by atoms with Crippen LogP contribution in [0.4, 0.5) is 5.69 Å². The van der Waals surface area contributed by atoms with Gasteiger partial charge in [-0.2, -0.15) is 5.10 Å². The Labute approximate surface area is 194 Å². The molecule has 0 saturated heterocycles. The molecule has 0 radical (unpaired) electrons. The summed E-state index contributed by atoms with van der Waals surface area (Å²) in [5.41, 5.74) is 6.28. The van der Waals surface area contributed by atoms with Crippen LogP contribution in [-0.2, 0) is 21.4 Å². The number of hydrogen-bond donors (Lipinski definition) is 1. The maximum absolute atomic E-state index is 12.4. The zero-order valence-corrected chi connectivity index (χ0v) is 19.7. The third kappa shape index (κ3) is 6.92. The van der Waals surface area contributed by atoms with E-state index in [9.17, 15) is 13.2 Å². The number of benzene rings is 3. The van der Waals surface area contributed by atoms with Crippen LogP contribution in [0.15, 0.2) is 77.9 Å². The Morgan fingerprint density at radius 3 is 2.21 bits per heavy atom. The third-order valence-electron chi connectivity index (χ3n) is 4.91. The van der Waals surface area contributed by atoms with E-state index in [1.54, 1.807) is 0 Å². The lowest BCUT2D eigenvalue weighted by Crippen LogP contribution is -2.39.